The lowest BCUT2D eigenvalue weighted by molar-refractivity contribution is 0.390. The second-order valence-corrected chi connectivity index (χ2v) is 20.3. The molecule has 0 heterocycles. The SMILES string of the molecule is CCCCCCCCCCCCCCCCCCCCc1ccc(O)c(C=N[C@@H]2CCCC[C@H]2N=Cc2cc(CCCCCCCCCCCCCCCCCCCC)ccc2O)c1. The van der Waals surface area contributed by atoms with Crippen molar-refractivity contribution in [3.05, 3.63) is 58.7 Å². The molecule has 2 aromatic rings. The number of hydrogen-bond acceptors (Lipinski definition) is 4. The zero-order valence-corrected chi connectivity index (χ0v) is 42.3. The van der Waals surface area contributed by atoms with Crippen LogP contribution in [0.1, 0.15) is 293 Å². The van der Waals surface area contributed by atoms with Crippen LogP contribution < -0.4 is 0 Å². The molecule has 0 radical (unpaired) electrons. The fraction of sp³-hybridized carbons (Fsp3) is 0.767. The van der Waals surface area contributed by atoms with Crippen molar-refractivity contribution in [3.63, 3.8) is 0 Å². The number of nitrogens with zero attached hydrogens (tertiary/aromatic N) is 2. The summed E-state index contributed by atoms with van der Waals surface area (Å²) >= 11 is 0. The topological polar surface area (TPSA) is 65.2 Å². The standard InChI is InChI=1S/C60H102N2O2/c1-3-5-7-9-11-13-15-17-19-21-23-25-27-29-31-33-35-37-41-53-45-47-59(63)55(49-53)51-61-57-43-39-40-44-58(57)62-52-56-50-54(46-48-60(56)64)42-38-36-34-32-30-28-26-24-22-20-18-16-14-12-10-8-6-4-2/h45-52,57-58,63-64H,3-44H2,1-2H3/t57-,58-/m1/s1. The van der Waals surface area contributed by atoms with E-state index in [4.69, 9.17) is 9.98 Å². The number of phenolic OH excluding ortho intramolecular Hbond substituents is 2. The third-order valence-electron chi connectivity index (χ3n) is 14.3. The molecule has 1 fully saturated rings. The van der Waals surface area contributed by atoms with Gasteiger partial charge in [0.2, 0.25) is 0 Å². The maximum Gasteiger partial charge on any atom is 0.124 e. The van der Waals surface area contributed by atoms with Crippen molar-refractivity contribution in [1.29, 1.82) is 0 Å². The van der Waals surface area contributed by atoms with Crippen LogP contribution in [0.3, 0.4) is 0 Å². The largest absolute Gasteiger partial charge is 0.507 e. The van der Waals surface area contributed by atoms with Crippen molar-refractivity contribution in [2.75, 3.05) is 0 Å². The minimum atomic E-state index is 0.0907. The highest BCUT2D eigenvalue weighted by Crippen LogP contribution is 2.27. The molecular weight excluding hydrogens is 781 g/mol. The Kier molecular flexibility index (Phi) is 34.4. The summed E-state index contributed by atoms with van der Waals surface area (Å²) in [4.78, 5) is 10.0. The van der Waals surface area contributed by atoms with Crippen LogP contribution in [0.2, 0.25) is 0 Å². The molecule has 1 aliphatic rings. The van der Waals surface area contributed by atoms with Gasteiger partial charge in [-0.1, -0.05) is 257 Å². The number of unbranched alkanes of at least 4 members (excludes halogenated alkanes) is 34. The van der Waals surface area contributed by atoms with Gasteiger partial charge < -0.3 is 10.2 Å². The molecule has 4 heteroatoms. The zero-order valence-electron chi connectivity index (χ0n) is 42.3. The summed E-state index contributed by atoms with van der Waals surface area (Å²) in [6.07, 6.45) is 60.5. The molecule has 2 aromatic carbocycles. The van der Waals surface area contributed by atoms with Crippen molar-refractivity contribution < 1.29 is 10.2 Å². The molecule has 0 aromatic heterocycles. The first-order valence-electron chi connectivity index (χ1n) is 28.3. The van der Waals surface area contributed by atoms with E-state index >= 15 is 0 Å². The summed E-state index contributed by atoms with van der Waals surface area (Å²) in [5, 5.41) is 21.4. The molecule has 0 saturated heterocycles. The highest BCUT2D eigenvalue weighted by Gasteiger charge is 2.23. The van der Waals surface area contributed by atoms with Crippen molar-refractivity contribution >= 4 is 12.4 Å². The van der Waals surface area contributed by atoms with E-state index in [2.05, 4.69) is 38.1 Å². The molecule has 0 spiro atoms. The zero-order chi connectivity index (χ0) is 45.4. The first kappa shape index (κ1) is 55.7. The van der Waals surface area contributed by atoms with E-state index in [0.29, 0.717) is 11.5 Å². The number of aryl methyl sites for hydroxylation is 2. The van der Waals surface area contributed by atoms with Crippen LogP contribution in [0.15, 0.2) is 46.4 Å². The summed E-state index contributed by atoms with van der Waals surface area (Å²) < 4.78 is 0. The van der Waals surface area contributed by atoms with Gasteiger partial charge in [0.1, 0.15) is 11.5 Å². The average Bonchev–Trinajstić information content (AvgIpc) is 3.31. The molecule has 0 bridgehead atoms. The van der Waals surface area contributed by atoms with Crippen molar-refractivity contribution in [2.24, 2.45) is 9.98 Å². The molecule has 64 heavy (non-hydrogen) atoms. The van der Waals surface area contributed by atoms with E-state index in [1.807, 2.05) is 24.6 Å². The number of aromatic hydroxyl groups is 2. The van der Waals surface area contributed by atoms with Crippen LogP contribution in [-0.4, -0.2) is 34.7 Å². The van der Waals surface area contributed by atoms with Gasteiger partial charge >= 0.3 is 0 Å². The number of hydrogen-bond donors (Lipinski definition) is 2. The summed E-state index contributed by atoms with van der Waals surface area (Å²) in [7, 11) is 0. The summed E-state index contributed by atoms with van der Waals surface area (Å²) in [5.74, 6) is 0.607. The number of rotatable bonds is 42. The van der Waals surface area contributed by atoms with Gasteiger partial charge in [-0.3, -0.25) is 9.98 Å². The van der Waals surface area contributed by atoms with Gasteiger partial charge in [-0.05, 0) is 73.9 Å². The molecule has 4 nitrogen and oxygen atoms in total. The Labute approximate surface area is 396 Å². The lowest BCUT2D eigenvalue weighted by Crippen LogP contribution is -2.27. The van der Waals surface area contributed by atoms with Crippen LogP contribution in [0, 0.1) is 0 Å². The summed E-state index contributed by atoms with van der Waals surface area (Å²) in [6, 6.07) is 12.3. The van der Waals surface area contributed by atoms with Crippen LogP contribution in [0.5, 0.6) is 11.5 Å². The second-order valence-electron chi connectivity index (χ2n) is 20.3. The van der Waals surface area contributed by atoms with Gasteiger partial charge in [0.05, 0.1) is 12.1 Å². The fourth-order valence-corrected chi connectivity index (χ4v) is 9.98. The van der Waals surface area contributed by atoms with Gasteiger partial charge in [0.25, 0.3) is 0 Å². The van der Waals surface area contributed by atoms with Gasteiger partial charge in [0.15, 0.2) is 0 Å². The van der Waals surface area contributed by atoms with Gasteiger partial charge in [-0.2, -0.15) is 0 Å². The minimum Gasteiger partial charge on any atom is -0.507 e. The Morgan fingerprint density at radius 1 is 0.375 bits per heavy atom. The third-order valence-corrected chi connectivity index (χ3v) is 14.3. The minimum absolute atomic E-state index is 0.0907. The molecule has 2 atom stereocenters. The van der Waals surface area contributed by atoms with E-state index in [1.165, 1.54) is 242 Å². The quantitative estimate of drug-likeness (QED) is 0.0515. The summed E-state index contributed by atoms with van der Waals surface area (Å²) in [6.45, 7) is 4.60. The number of benzene rings is 2. The fourth-order valence-electron chi connectivity index (χ4n) is 9.98. The number of phenols is 2. The highest BCUT2D eigenvalue weighted by atomic mass is 16.3. The molecule has 2 N–H and O–H groups in total. The van der Waals surface area contributed by atoms with E-state index in [1.54, 1.807) is 0 Å². The van der Waals surface area contributed by atoms with Crippen LogP contribution in [0.25, 0.3) is 0 Å². The lowest BCUT2D eigenvalue weighted by Gasteiger charge is -2.25. The maximum absolute atomic E-state index is 10.7. The molecule has 3 rings (SSSR count). The number of aliphatic imine (C=N–C) groups is 2. The molecular formula is C60H102N2O2. The van der Waals surface area contributed by atoms with Crippen molar-refractivity contribution in [3.8, 4) is 11.5 Å². The first-order valence-corrected chi connectivity index (χ1v) is 28.3. The summed E-state index contributed by atoms with van der Waals surface area (Å²) in [5.41, 5.74) is 4.21. The molecule has 0 aliphatic heterocycles. The Morgan fingerprint density at radius 2 is 0.625 bits per heavy atom. The van der Waals surface area contributed by atoms with E-state index in [0.717, 1.165) is 49.7 Å². The Balaban J connectivity index is 1.25. The molecule has 364 valence electrons. The van der Waals surface area contributed by atoms with Crippen molar-refractivity contribution in [2.45, 2.75) is 296 Å². The van der Waals surface area contributed by atoms with Crippen molar-refractivity contribution in [1.82, 2.24) is 0 Å². The van der Waals surface area contributed by atoms with E-state index in [9.17, 15) is 10.2 Å². The first-order chi connectivity index (χ1) is 31.6. The van der Waals surface area contributed by atoms with Gasteiger partial charge in [-0.15, -0.1) is 0 Å². The maximum atomic E-state index is 10.7. The average molecular weight is 883 g/mol. The van der Waals surface area contributed by atoms with Crippen LogP contribution in [-0.2, 0) is 12.8 Å². The van der Waals surface area contributed by atoms with Gasteiger partial charge in [0, 0.05) is 23.6 Å². The Bertz CT molecular complexity index is 1330. The lowest BCUT2D eigenvalue weighted by atomic mass is 9.91. The van der Waals surface area contributed by atoms with Gasteiger partial charge in [-0.25, -0.2) is 0 Å². The van der Waals surface area contributed by atoms with Crippen LogP contribution in [0.4, 0.5) is 0 Å². The molecule has 1 aliphatic carbocycles. The highest BCUT2D eigenvalue weighted by molar-refractivity contribution is 5.84. The monoisotopic (exact) mass is 883 g/mol. The predicted octanol–water partition coefficient (Wildman–Crippen LogP) is 19.1. The second kappa shape index (κ2) is 39.5. The molecule has 1 saturated carbocycles. The third kappa shape index (κ3) is 28.4. The molecule has 0 unspecified atom stereocenters. The Hall–Kier alpha value is -2.62. The van der Waals surface area contributed by atoms with E-state index in [-0.39, 0.29) is 12.1 Å². The molecule has 0 amide bonds. The smallest absolute Gasteiger partial charge is 0.124 e. The Morgan fingerprint density at radius 3 is 0.891 bits per heavy atom. The van der Waals surface area contributed by atoms with Crippen LogP contribution >= 0.6 is 0 Å². The van der Waals surface area contributed by atoms with E-state index < -0.39 is 0 Å². The predicted molar refractivity (Wildman–Crippen MR) is 282 cm³/mol. The normalized spacial score (nSPS) is 15.6.